The third-order valence-electron chi connectivity index (χ3n) is 2.77. The van der Waals surface area contributed by atoms with Crippen molar-refractivity contribution in [1.29, 1.82) is 0 Å². The molecule has 3 aromatic rings. The third-order valence-corrected chi connectivity index (χ3v) is 6.87. The molecule has 3 nitrogen and oxygen atoms in total. The first-order valence-electron chi connectivity index (χ1n) is 5.82. The van der Waals surface area contributed by atoms with Crippen molar-refractivity contribution in [2.45, 2.75) is 0 Å². The molecule has 108 valence electrons. The van der Waals surface area contributed by atoms with Crippen LogP contribution < -0.4 is 9.47 Å². The number of ether oxygens (including phenoxy) is 2. The fourth-order valence-corrected chi connectivity index (χ4v) is 6.11. The van der Waals surface area contributed by atoms with Gasteiger partial charge in [-0.05, 0) is 62.2 Å². The van der Waals surface area contributed by atoms with Crippen molar-refractivity contribution in [2.75, 3.05) is 7.11 Å². The first kappa shape index (κ1) is 15.0. The van der Waals surface area contributed by atoms with Gasteiger partial charge in [0, 0.05) is 5.39 Å². The summed E-state index contributed by atoms with van der Waals surface area (Å²) in [5, 5.41) is 1.03. The van der Waals surface area contributed by atoms with Crippen LogP contribution in [0.15, 0.2) is 37.9 Å². The number of hydrogen-bond acceptors (Lipinski definition) is 5. The van der Waals surface area contributed by atoms with Crippen LogP contribution in [0.2, 0.25) is 0 Å². The third kappa shape index (κ3) is 3.01. The van der Waals surface area contributed by atoms with Gasteiger partial charge >= 0.3 is 5.97 Å². The van der Waals surface area contributed by atoms with Crippen molar-refractivity contribution in [2.24, 2.45) is 0 Å². The van der Waals surface area contributed by atoms with Gasteiger partial charge in [-0.15, -0.1) is 22.7 Å². The number of esters is 1. The van der Waals surface area contributed by atoms with Crippen LogP contribution in [-0.2, 0) is 0 Å². The van der Waals surface area contributed by atoms with E-state index in [2.05, 4.69) is 31.9 Å². The summed E-state index contributed by atoms with van der Waals surface area (Å²) in [6.07, 6.45) is 0. The molecule has 21 heavy (non-hydrogen) atoms. The minimum absolute atomic E-state index is 0.356. The van der Waals surface area contributed by atoms with Crippen molar-refractivity contribution < 1.29 is 14.3 Å². The van der Waals surface area contributed by atoms with Crippen LogP contribution in [0.3, 0.4) is 0 Å². The number of hydrogen-bond donors (Lipinski definition) is 0. The SMILES string of the molecule is COc1ccc(OC(=O)c2cc3c(Br)sc(Br)c3s2)cc1. The number of benzene rings is 1. The first-order valence-corrected chi connectivity index (χ1v) is 9.04. The Kier molecular flexibility index (Phi) is 4.35. The lowest BCUT2D eigenvalue weighted by Crippen LogP contribution is -2.06. The van der Waals surface area contributed by atoms with Gasteiger partial charge in [-0.1, -0.05) is 0 Å². The molecule has 2 aromatic heterocycles. The van der Waals surface area contributed by atoms with Gasteiger partial charge in [0.15, 0.2) is 0 Å². The topological polar surface area (TPSA) is 35.5 Å². The molecule has 0 radical (unpaired) electrons. The molecule has 2 heterocycles. The number of methoxy groups -OCH3 is 1. The van der Waals surface area contributed by atoms with Crippen molar-refractivity contribution in [3.8, 4) is 11.5 Å². The largest absolute Gasteiger partial charge is 0.497 e. The highest BCUT2D eigenvalue weighted by Gasteiger charge is 2.17. The van der Waals surface area contributed by atoms with E-state index in [4.69, 9.17) is 9.47 Å². The number of halogens is 2. The Balaban J connectivity index is 1.84. The molecule has 0 unspecified atom stereocenters. The van der Waals surface area contributed by atoms with Crippen LogP contribution in [0, 0.1) is 0 Å². The van der Waals surface area contributed by atoms with Gasteiger partial charge in [-0.25, -0.2) is 4.79 Å². The fraction of sp³-hybridized carbons (Fsp3) is 0.0714. The van der Waals surface area contributed by atoms with Crippen molar-refractivity contribution >= 4 is 70.6 Å². The predicted molar refractivity (Wildman–Crippen MR) is 93.1 cm³/mol. The van der Waals surface area contributed by atoms with Crippen molar-refractivity contribution in [3.05, 3.63) is 42.8 Å². The molecule has 0 saturated carbocycles. The number of fused-ring (bicyclic) bond motifs is 1. The lowest BCUT2D eigenvalue weighted by atomic mass is 10.3. The molecular formula is C14H8Br2O3S2. The fourth-order valence-electron chi connectivity index (χ4n) is 1.76. The first-order chi connectivity index (χ1) is 10.1. The molecule has 1 aromatic carbocycles. The Labute approximate surface area is 145 Å². The maximum Gasteiger partial charge on any atom is 0.353 e. The van der Waals surface area contributed by atoms with E-state index in [1.165, 1.54) is 11.3 Å². The van der Waals surface area contributed by atoms with Gasteiger partial charge in [0.05, 0.1) is 19.4 Å². The summed E-state index contributed by atoms with van der Waals surface area (Å²) < 4.78 is 13.5. The molecule has 0 amide bonds. The maximum atomic E-state index is 12.2. The Morgan fingerprint density at radius 1 is 1.05 bits per heavy atom. The summed E-state index contributed by atoms with van der Waals surface area (Å²) in [7, 11) is 1.59. The summed E-state index contributed by atoms with van der Waals surface area (Å²) >= 11 is 10.00. The number of carbonyl (C=O) groups excluding carboxylic acids is 1. The summed E-state index contributed by atoms with van der Waals surface area (Å²) in [5.74, 6) is 0.860. The van der Waals surface area contributed by atoms with Crippen LogP contribution in [0.1, 0.15) is 9.67 Å². The molecule has 3 rings (SSSR count). The van der Waals surface area contributed by atoms with Crippen LogP contribution >= 0.6 is 54.5 Å². The zero-order valence-corrected chi connectivity index (χ0v) is 15.5. The van der Waals surface area contributed by atoms with E-state index in [9.17, 15) is 4.79 Å². The molecule has 0 saturated heterocycles. The normalized spacial score (nSPS) is 10.8. The Morgan fingerprint density at radius 3 is 2.33 bits per heavy atom. The standard InChI is InChI=1S/C14H8Br2O3S2/c1-18-7-2-4-8(5-3-7)19-14(17)10-6-9-11(20-10)13(16)21-12(9)15/h2-6H,1H3. The van der Waals surface area contributed by atoms with Gasteiger partial charge in [0.1, 0.15) is 16.4 Å². The van der Waals surface area contributed by atoms with Crippen molar-refractivity contribution in [1.82, 2.24) is 0 Å². The van der Waals surface area contributed by atoms with Crippen LogP contribution in [0.4, 0.5) is 0 Å². The van der Waals surface area contributed by atoms with E-state index in [1.807, 2.05) is 6.07 Å². The highest BCUT2D eigenvalue weighted by molar-refractivity contribution is 9.12. The molecule has 0 spiro atoms. The van der Waals surface area contributed by atoms with E-state index < -0.39 is 0 Å². The second kappa shape index (κ2) is 6.08. The lowest BCUT2D eigenvalue weighted by molar-refractivity contribution is 0.0740. The van der Waals surface area contributed by atoms with Gasteiger partial charge in [0.25, 0.3) is 0 Å². The molecule has 0 aliphatic carbocycles. The molecule has 0 N–H and O–H groups in total. The van der Waals surface area contributed by atoms with Crippen LogP contribution in [0.5, 0.6) is 11.5 Å². The van der Waals surface area contributed by atoms with E-state index in [0.29, 0.717) is 10.6 Å². The summed E-state index contributed by atoms with van der Waals surface area (Å²) in [6.45, 7) is 0. The smallest absolute Gasteiger partial charge is 0.353 e. The average Bonchev–Trinajstić information content (AvgIpc) is 3.02. The van der Waals surface area contributed by atoms with E-state index >= 15 is 0 Å². The molecule has 7 heteroatoms. The highest BCUT2D eigenvalue weighted by Crippen LogP contribution is 2.43. The summed E-state index contributed by atoms with van der Waals surface area (Å²) in [5.41, 5.74) is 0. The maximum absolute atomic E-state index is 12.2. The Morgan fingerprint density at radius 2 is 1.71 bits per heavy atom. The Bertz CT molecular complexity index is 771. The predicted octanol–water partition coefficient (Wildman–Crippen LogP) is 5.72. The highest BCUT2D eigenvalue weighted by atomic mass is 79.9. The molecule has 0 atom stereocenters. The zero-order chi connectivity index (χ0) is 15.0. The number of thiophene rings is 2. The lowest BCUT2D eigenvalue weighted by Gasteiger charge is -2.03. The number of rotatable bonds is 3. The molecule has 0 aliphatic heterocycles. The quantitative estimate of drug-likeness (QED) is 0.380. The van der Waals surface area contributed by atoms with E-state index in [-0.39, 0.29) is 5.97 Å². The van der Waals surface area contributed by atoms with Gasteiger partial charge in [0.2, 0.25) is 0 Å². The average molecular weight is 448 g/mol. The minimum atomic E-state index is -0.356. The molecular weight excluding hydrogens is 440 g/mol. The van der Waals surface area contributed by atoms with Crippen LogP contribution in [-0.4, -0.2) is 13.1 Å². The van der Waals surface area contributed by atoms with Crippen molar-refractivity contribution in [3.63, 3.8) is 0 Å². The second-order valence-corrected chi connectivity index (χ2v) is 8.78. The van der Waals surface area contributed by atoms with E-state index in [0.717, 1.165) is 23.4 Å². The van der Waals surface area contributed by atoms with Crippen LogP contribution in [0.25, 0.3) is 10.1 Å². The monoisotopic (exact) mass is 446 g/mol. The zero-order valence-electron chi connectivity index (χ0n) is 10.7. The summed E-state index contributed by atoms with van der Waals surface area (Å²) in [4.78, 5) is 12.8. The molecule has 0 bridgehead atoms. The second-order valence-electron chi connectivity index (χ2n) is 4.07. The van der Waals surface area contributed by atoms with Gasteiger partial charge in [-0.2, -0.15) is 0 Å². The molecule has 0 fully saturated rings. The Hall–Kier alpha value is -0.890. The number of carbonyl (C=O) groups is 1. The van der Waals surface area contributed by atoms with Gasteiger partial charge < -0.3 is 9.47 Å². The summed E-state index contributed by atoms with van der Waals surface area (Å²) in [6, 6.07) is 8.76. The van der Waals surface area contributed by atoms with Gasteiger partial charge in [-0.3, -0.25) is 0 Å². The van der Waals surface area contributed by atoms with E-state index in [1.54, 1.807) is 42.7 Å². The molecule has 0 aliphatic rings. The minimum Gasteiger partial charge on any atom is -0.497 e.